The van der Waals surface area contributed by atoms with Crippen LogP contribution in [0.1, 0.15) is 31.3 Å². The molecule has 168 valence electrons. The van der Waals surface area contributed by atoms with Crippen molar-refractivity contribution in [1.29, 1.82) is 0 Å². The Bertz CT molecular complexity index is 1090. The van der Waals surface area contributed by atoms with Crippen molar-refractivity contribution in [2.45, 2.75) is 20.8 Å². The molecule has 0 spiro atoms. The predicted octanol–water partition coefficient (Wildman–Crippen LogP) is 4.29. The van der Waals surface area contributed by atoms with E-state index in [-0.39, 0.29) is 24.0 Å². The summed E-state index contributed by atoms with van der Waals surface area (Å²) in [7, 11) is 0. The number of ether oxygens (including phenoxy) is 2. The van der Waals surface area contributed by atoms with Crippen LogP contribution in [0.5, 0.6) is 0 Å². The molecule has 3 rings (SSSR count). The normalized spacial score (nSPS) is 10.7. The number of carbonyl (C=O) groups excluding carboxylic acids is 2. The monoisotopic (exact) mass is 440 g/mol. The minimum absolute atomic E-state index is 0.0519. The summed E-state index contributed by atoms with van der Waals surface area (Å²) in [6.45, 7) is 5.64. The molecule has 10 nitrogen and oxygen atoms in total. The molecule has 0 saturated heterocycles. The molecule has 0 unspecified atom stereocenters. The first-order chi connectivity index (χ1) is 15.3. The van der Waals surface area contributed by atoms with E-state index in [1.807, 2.05) is 24.3 Å². The van der Waals surface area contributed by atoms with Gasteiger partial charge in [0.25, 0.3) is 5.69 Å². The highest BCUT2D eigenvalue weighted by Crippen LogP contribution is 2.17. The molecule has 1 heterocycles. The first-order valence-corrected chi connectivity index (χ1v) is 9.82. The van der Waals surface area contributed by atoms with Crippen LogP contribution in [-0.2, 0) is 14.3 Å². The van der Waals surface area contributed by atoms with Crippen molar-refractivity contribution in [1.82, 2.24) is 4.98 Å². The number of non-ortho nitro benzene ring substituents is 1. The summed E-state index contributed by atoms with van der Waals surface area (Å²) in [5.74, 6) is -0.834. The Kier molecular flexibility index (Phi) is 8.91. The van der Waals surface area contributed by atoms with Crippen LogP contribution in [0.3, 0.4) is 0 Å². The van der Waals surface area contributed by atoms with Crippen molar-refractivity contribution in [2.24, 2.45) is 5.10 Å². The average molecular weight is 440 g/mol. The van der Waals surface area contributed by atoms with Gasteiger partial charge in [-0.3, -0.25) is 15.5 Å². The second-order valence-electron chi connectivity index (χ2n) is 6.33. The average Bonchev–Trinajstić information content (AvgIpc) is 3.23. The van der Waals surface area contributed by atoms with Gasteiger partial charge in [0.1, 0.15) is 11.4 Å². The number of benzene rings is 2. The third-order valence-corrected chi connectivity index (χ3v) is 4.01. The fourth-order valence-electron chi connectivity index (χ4n) is 2.51. The molecule has 0 amide bonds. The Morgan fingerprint density at radius 2 is 1.78 bits per heavy atom. The van der Waals surface area contributed by atoms with E-state index in [4.69, 9.17) is 9.47 Å². The van der Waals surface area contributed by atoms with Crippen molar-refractivity contribution < 1.29 is 24.0 Å². The zero-order chi connectivity index (χ0) is 23.5. The van der Waals surface area contributed by atoms with Gasteiger partial charge in [0.05, 0.1) is 23.8 Å². The molecule has 0 fully saturated rings. The smallest absolute Gasteiger partial charge is 0.354 e. The number of H-pyrrole nitrogens is 1. The molecule has 32 heavy (non-hydrogen) atoms. The van der Waals surface area contributed by atoms with Gasteiger partial charge in [0.15, 0.2) is 0 Å². The van der Waals surface area contributed by atoms with Gasteiger partial charge < -0.3 is 14.5 Å². The lowest BCUT2D eigenvalue weighted by atomic mass is 10.2. The molecule has 0 radical (unpaired) electrons. The van der Waals surface area contributed by atoms with Gasteiger partial charge in [0.2, 0.25) is 0 Å². The number of nitrogens with zero attached hydrogens (tertiary/aromatic N) is 2. The number of hydrogen-bond acceptors (Lipinski definition) is 8. The zero-order valence-electron chi connectivity index (χ0n) is 18.0. The first-order valence-electron chi connectivity index (χ1n) is 9.82. The summed E-state index contributed by atoms with van der Waals surface area (Å²) in [6.07, 6.45) is 0. The van der Waals surface area contributed by atoms with Crippen LogP contribution in [0.25, 0.3) is 10.9 Å². The van der Waals surface area contributed by atoms with Gasteiger partial charge in [-0.1, -0.05) is 24.3 Å². The molecule has 0 aliphatic carbocycles. The molecule has 0 aliphatic rings. The van der Waals surface area contributed by atoms with Gasteiger partial charge in [0, 0.05) is 23.0 Å². The quantitative estimate of drug-likeness (QED) is 0.242. The number of rotatable bonds is 7. The van der Waals surface area contributed by atoms with Crippen LogP contribution >= 0.6 is 0 Å². The Morgan fingerprint density at radius 3 is 2.44 bits per heavy atom. The van der Waals surface area contributed by atoms with E-state index in [1.165, 1.54) is 25.1 Å². The number of aromatic amines is 1. The standard InChI is InChI=1S/C11H13N3O4.C11H11NO2/c1-3-18-11(15)8(2)12-13-9-5-4-6-10(7-9)14(16)17;1-2-14-11(13)10-7-8-5-3-4-6-9(8)12-10/h4-7,13H,3H2,1-2H3;3-7,12H,2H2,1H3/b12-8-;. The molecule has 2 N–H and O–H groups in total. The second-order valence-corrected chi connectivity index (χ2v) is 6.33. The Balaban J connectivity index is 0.000000233. The highest BCUT2D eigenvalue weighted by atomic mass is 16.6. The van der Waals surface area contributed by atoms with E-state index in [9.17, 15) is 19.7 Å². The summed E-state index contributed by atoms with van der Waals surface area (Å²) in [5.41, 5.74) is 4.54. The second kappa shape index (κ2) is 11.8. The maximum atomic E-state index is 11.4. The van der Waals surface area contributed by atoms with Crippen LogP contribution in [0, 0.1) is 10.1 Å². The maximum absolute atomic E-state index is 11.4. The SMILES string of the molecule is CCOC(=O)/C(C)=N\Nc1cccc([N+](=O)[O-])c1.CCOC(=O)c1cc2ccccc2[nH]1. The van der Waals surface area contributed by atoms with E-state index in [0.717, 1.165) is 10.9 Å². The van der Waals surface area contributed by atoms with Crippen LogP contribution in [0.4, 0.5) is 11.4 Å². The number of nitro benzene ring substituents is 1. The van der Waals surface area contributed by atoms with Gasteiger partial charge in [-0.05, 0) is 39.0 Å². The minimum Gasteiger partial charge on any atom is -0.461 e. The van der Waals surface area contributed by atoms with Crippen LogP contribution in [0.2, 0.25) is 0 Å². The van der Waals surface area contributed by atoms with E-state index < -0.39 is 10.9 Å². The molecular formula is C22H24N4O6. The number of hydrogen-bond donors (Lipinski definition) is 2. The van der Waals surface area contributed by atoms with Crippen molar-refractivity contribution in [2.75, 3.05) is 18.6 Å². The lowest BCUT2D eigenvalue weighted by molar-refractivity contribution is -0.384. The number of esters is 2. The number of anilines is 1. The number of fused-ring (bicyclic) bond motifs is 1. The van der Waals surface area contributed by atoms with E-state index in [0.29, 0.717) is 18.0 Å². The molecule has 0 saturated carbocycles. The summed E-state index contributed by atoms with van der Waals surface area (Å²) in [6, 6.07) is 15.4. The fourth-order valence-corrected chi connectivity index (χ4v) is 2.51. The lowest BCUT2D eigenvalue weighted by Crippen LogP contribution is -2.15. The van der Waals surface area contributed by atoms with Gasteiger partial charge in [-0.25, -0.2) is 9.59 Å². The van der Waals surface area contributed by atoms with Crippen LogP contribution in [0.15, 0.2) is 59.7 Å². The number of para-hydroxylation sites is 1. The highest BCUT2D eigenvalue weighted by molar-refractivity contribution is 6.35. The van der Waals surface area contributed by atoms with Crippen molar-refractivity contribution in [3.63, 3.8) is 0 Å². The number of aromatic nitrogens is 1. The minimum atomic E-state index is -0.532. The number of nitro groups is 1. The predicted molar refractivity (Wildman–Crippen MR) is 121 cm³/mol. The first kappa shape index (κ1) is 24.1. The van der Waals surface area contributed by atoms with Gasteiger partial charge in [-0.15, -0.1) is 0 Å². The molecule has 0 aliphatic heterocycles. The van der Waals surface area contributed by atoms with E-state index in [1.54, 1.807) is 26.0 Å². The van der Waals surface area contributed by atoms with Crippen LogP contribution < -0.4 is 5.43 Å². The van der Waals surface area contributed by atoms with Crippen molar-refractivity contribution in [3.05, 3.63) is 70.4 Å². The molecule has 10 heteroatoms. The Morgan fingerprint density at radius 1 is 1.06 bits per heavy atom. The number of hydrazone groups is 1. The lowest BCUT2D eigenvalue weighted by Gasteiger charge is -2.03. The molecule has 0 atom stereocenters. The van der Waals surface area contributed by atoms with Gasteiger partial charge in [-0.2, -0.15) is 5.10 Å². The van der Waals surface area contributed by atoms with E-state index >= 15 is 0 Å². The summed E-state index contributed by atoms with van der Waals surface area (Å²) in [4.78, 5) is 35.7. The van der Waals surface area contributed by atoms with Gasteiger partial charge >= 0.3 is 11.9 Å². The molecule has 1 aromatic heterocycles. The Hall–Kier alpha value is -4.21. The highest BCUT2D eigenvalue weighted by Gasteiger charge is 2.09. The summed E-state index contributed by atoms with van der Waals surface area (Å²) in [5, 5.41) is 15.4. The van der Waals surface area contributed by atoms with Crippen LogP contribution in [-0.4, -0.2) is 40.8 Å². The van der Waals surface area contributed by atoms with E-state index in [2.05, 4.69) is 15.5 Å². The topological polar surface area (TPSA) is 136 Å². The molecule has 0 bridgehead atoms. The van der Waals surface area contributed by atoms with Crippen molar-refractivity contribution >= 4 is 39.9 Å². The zero-order valence-corrected chi connectivity index (χ0v) is 18.0. The molecule has 2 aromatic carbocycles. The number of carbonyl (C=O) groups is 2. The summed E-state index contributed by atoms with van der Waals surface area (Å²) >= 11 is 0. The maximum Gasteiger partial charge on any atom is 0.354 e. The largest absolute Gasteiger partial charge is 0.461 e. The fraction of sp³-hybridized carbons (Fsp3) is 0.227. The third-order valence-electron chi connectivity index (χ3n) is 4.01. The van der Waals surface area contributed by atoms with Crippen molar-refractivity contribution in [3.8, 4) is 0 Å². The number of nitrogens with one attached hydrogen (secondary N) is 2. The third kappa shape index (κ3) is 6.94. The summed E-state index contributed by atoms with van der Waals surface area (Å²) < 4.78 is 9.62. The molecule has 3 aromatic rings. The molecular weight excluding hydrogens is 416 g/mol. The Labute approximate surface area is 184 Å².